The van der Waals surface area contributed by atoms with Crippen molar-refractivity contribution in [1.29, 1.82) is 0 Å². The standard InChI is InChI=1S/C15H13N3O3/c19-14(12-7-17-13(8-16-12)15(20)21)18-6-5-10-3-1-2-4-11(10)9-18/h1-4,7-8H,5-6,9H2,(H,20,21). The largest absolute Gasteiger partial charge is 0.476 e. The summed E-state index contributed by atoms with van der Waals surface area (Å²) in [5.74, 6) is -1.39. The van der Waals surface area contributed by atoms with E-state index in [2.05, 4.69) is 16.0 Å². The molecule has 0 atom stereocenters. The summed E-state index contributed by atoms with van der Waals surface area (Å²) in [5.41, 5.74) is 2.39. The van der Waals surface area contributed by atoms with Crippen molar-refractivity contribution < 1.29 is 14.7 Å². The molecular formula is C15H13N3O3. The van der Waals surface area contributed by atoms with Crippen LogP contribution in [0.3, 0.4) is 0 Å². The number of amides is 1. The summed E-state index contributed by atoms with van der Waals surface area (Å²) in [5, 5.41) is 8.77. The average Bonchev–Trinajstić information content (AvgIpc) is 2.54. The Morgan fingerprint density at radius 3 is 2.38 bits per heavy atom. The number of hydrogen-bond acceptors (Lipinski definition) is 4. The van der Waals surface area contributed by atoms with E-state index in [9.17, 15) is 9.59 Å². The molecule has 6 heteroatoms. The lowest BCUT2D eigenvalue weighted by atomic mass is 10.00. The van der Waals surface area contributed by atoms with Gasteiger partial charge < -0.3 is 10.0 Å². The minimum absolute atomic E-state index is 0.166. The van der Waals surface area contributed by atoms with E-state index in [0.717, 1.165) is 18.2 Å². The Bertz CT molecular complexity index is 698. The van der Waals surface area contributed by atoms with Gasteiger partial charge in [-0.25, -0.2) is 14.8 Å². The van der Waals surface area contributed by atoms with E-state index < -0.39 is 5.97 Å². The number of carboxylic acids is 1. The highest BCUT2D eigenvalue weighted by molar-refractivity contribution is 5.92. The molecule has 2 heterocycles. The maximum atomic E-state index is 12.4. The zero-order valence-corrected chi connectivity index (χ0v) is 11.2. The minimum Gasteiger partial charge on any atom is -0.476 e. The number of nitrogens with zero attached hydrogens (tertiary/aromatic N) is 3. The number of carboxylic acid groups (broad SMARTS) is 1. The topological polar surface area (TPSA) is 83.4 Å². The van der Waals surface area contributed by atoms with Crippen LogP contribution < -0.4 is 0 Å². The molecule has 0 radical (unpaired) electrons. The molecule has 0 spiro atoms. The molecule has 106 valence electrons. The van der Waals surface area contributed by atoms with Crippen LogP contribution in [-0.4, -0.2) is 38.4 Å². The molecule has 0 saturated carbocycles. The lowest BCUT2D eigenvalue weighted by Gasteiger charge is -2.28. The number of benzene rings is 1. The highest BCUT2D eigenvalue weighted by Gasteiger charge is 2.22. The smallest absolute Gasteiger partial charge is 0.356 e. The Hall–Kier alpha value is -2.76. The Labute approximate surface area is 121 Å². The molecule has 0 unspecified atom stereocenters. The van der Waals surface area contributed by atoms with Crippen LogP contribution in [0.15, 0.2) is 36.7 Å². The van der Waals surface area contributed by atoms with Gasteiger partial charge in [0.05, 0.1) is 12.4 Å². The summed E-state index contributed by atoms with van der Waals surface area (Å²) in [6, 6.07) is 8.02. The lowest BCUT2D eigenvalue weighted by Crippen LogP contribution is -2.36. The summed E-state index contributed by atoms with van der Waals surface area (Å²) < 4.78 is 0. The van der Waals surface area contributed by atoms with Gasteiger partial charge in [0.15, 0.2) is 5.69 Å². The molecule has 2 aromatic rings. The van der Waals surface area contributed by atoms with Crippen LogP contribution in [0.25, 0.3) is 0 Å². The van der Waals surface area contributed by atoms with Crippen LogP contribution in [0.4, 0.5) is 0 Å². The summed E-state index contributed by atoms with van der Waals surface area (Å²) in [4.78, 5) is 32.4. The lowest BCUT2D eigenvalue weighted by molar-refractivity contribution is 0.0683. The number of carbonyl (C=O) groups is 2. The molecule has 21 heavy (non-hydrogen) atoms. The molecular weight excluding hydrogens is 270 g/mol. The molecule has 0 saturated heterocycles. The van der Waals surface area contributed by atoms with Crippen LogP contribution in [0, 0.1) is 0 Å². The average molecular weight is 283 g/mol. The van der Waals surface area contributed by atoms with E-state index in [-0.39, 0.29) is 17.3 Å². The Morgan fingerprint density at radius 1 is 1.05 bits per heavy atom. The van der Waals surface area contributed by atoms with E-state index in [4.69, 9.17) is 5.11 Å². The third kappa shape index (κ3) is 2.60. The number of hydrogen-bond donors (Lipinski definition) is 1. The number of carbonyl (C=O) groups excluding carboxylic acids is 1. The molecule has 1 amide bonds. The van der Waals surface area contributed by atoms with Gasteiger partial charge in [0.2, 0.25) is 0 Å². The third-order valence-corrected chi connectivity index (χ3v) is 3.51. The van der Waals surface area contributed by atoms with Crippen molar-refractivity contribution in [3.05, 3.63) is 59.2 Å². The second-order valence-electron chi connectivity index (χ2n) is 4.84. The van der Waals surface area contributed by atoms with E-state index in [1.165, 1.54) is 11.8 Å². The van der Waals surface area contributed by atoms with Crippen LogP contribution in [0.5, 0.6) is 0 Å². The third-order valence-electron chi connectivity index (χ3n) is 3.51. The first-order chi connectivity index (χ1) is 10.1. The van der Waals surface area contributed by atoms with Gasteiger partial charge in [-0.2, -0.15) is 0 Å². The monoisotopic (exact) mass is 283 g/mol. The first-order valence-electron chi connectivity index (χ1n) is 6.56. The number of aromatic carboxylic acids is 1. The number of fused-ring (bicyclic) bond motifs is 1. The van der Waals surface area contributed by atoms with Crippen molar-refractivity contribution in [2.24, 2.45) is 0 Å². The molecule has 0 aliphatic carbocycles. The van der Waals surface area contributed by atoms with Gasteiger partial charge in [-0.3, -0.25) is 4.79 Å². The van der Waals surface area contributed by atoms with Crippen molar-refractivity contribution in [3.8, 4) is 0 Å². The molecule has 3 rings (SSSR count). The van der Waals surface area contributed by atoms with E-state index in [1.54, 1.807) is 4.90 Å². The fourth-order valence-electron chi connectivity index (χ4n) is 2.38. The quantitative estimate of drug-likeness (QED) is 0.900. The van der Waals surface area contributed by atoms with Gasteiger partial charge >= 0.3 is 5.97 Å². The van der Waals surface area contributed by atoms with Crippen molar-refractivity contribution in [3.63, 3.8) is 0 Å². The first kappa shape index (κ1) is 13.2. The Balaban J connectivity index is 1.79. The van der Waals surface area contributed by atoms with Gasteiger partial charge in [0.25, 0.3) is 5.91 Å². The van der Waals surface area contributed by atoms with Crippen LogP contribution in [0.2, 0.25) is 0 Å². The normalized spacial score (nSPS) is 13.6. The summed E-state index contributed by atoms with van der Waals surface area (Å²) in [6.45, 7) is 1.16. The SMILES string of the molecule is O=C(O)c1cnc(C(=O)N2CCc3ccccc3C2)cn1. The van der Waals surface area contributed by atoms with Gasteiger partial charge in [-0.1, -0.05) is 24.3 Å². The summed E-state index contributed by atoms with van der Waals surface area (Å²) in [6.07, 6.45) is 3.13. The predicted octanol–water partition coefficient (Wildman–Crippen LogP) is 1.37. The van der Waals surface area contributed by atoms with E-state index in [1.807, 2.05) is 18.2 Å². The van der Waals surface area contributed by atoms with Crippen LogP contribution in [-0.2, 0) is 13.0 Å². The molecule has 1 aromatic carbocycles. The molecule has 0 bridgehead atoms. The van der Waals surface area contributed by atoms with Gasteiger partial charge in [-0.05, 0) is 17.5 Å². The maximum absolute atomic E-state index is 12.4. The van der Waals surface area contributed by atoms with Crippen molar-refractivity contribution >= 4 is 11.9 Å². The second kappa shape index (κ2) is 5.32. The second-order valence-corrected chi connectivity index (χ2v) is 4.84. The van der Waals surface area contributed by atoms with Crippen molar-refractivity contribution in [2.75, 3.05) is 6.54 Å². The molecule has 0 fully saturated rings. The zero-order valence-electron chi connectivity index (χ0n) is 11.2. The fraction of sp³-hybridized carbons (Fsp3) is 0.200. The fourth-order valence-corrected chi connectivity index (χ4v) is 2.38. The van der Waals surface area contributed by atoms with Crippen LogP contribution >= 0.6 is 0 Å². The van der Waals surface area contributed by atoms with Gasteiger partial charge in [-0.15, -0.1) is 0 Å². The predicted molar refractivity (Wildman–Crippen MR) is 73.9 cm³/mol. The molecule has 1 aromatic heterocycles. The highest BCUT2D eigenvalue weighted by atomic mass is 16.4. The highest BCUT2D eigenvalue weighted by Crippen LogP contribution is 2.19. The maximum Gasteiger partial charge on any atom is 0.356 e. The molecule has 1 aliphatic rings. The zero-order chi connectivity index (χ0) is 14.8. The Kier molecular flexibility index (Phi) is 3.35. The Morgan fingerprint density at radius 2 is 1.71 bits per heavy atom. The van der Waals surface area contributed by atoms with Crippen molar-refractivity contribution in [2.45, 2.75) is 13.0 Å². The van der Waals surface area contributed by atoms with E-state index >= 15 is 0 Å². The van der Waals surface area contributed by atoms with Gasteiger partial charge in [0, 0.05) is 13.1 Å². The number of rotatable bonds is 2. The molecule has 1 N–H and O–H groups in total. The number of aromatic nitrogens is 2. The van der Waals surface area contributed by atoms with E-state index in [0.29, 0.717) is 13.1 Å². The minimum atomic E-state index is -1.16. The van der Waals surface area contributed by atoms with Crippen molar-refractivity contribution in [1.82, 2.24) is 14.9 Å². The summed E-state index contributed by atoms with van der Waals surface area (Å²) in [7, 11) is 0. The van der Waals surface area contributed by atoms with Crippen LogP contribution in [0.1, 0.15) is 32.1 Å². The summed E-state index contributed by atoms with van der Waals surface area (Å²) >= 11 is 0. The van der Waals surface area contributed by atoms with Gasteiger partial charge in [0.1, 0.15) is 5.69 Å². The first-order valence-corrected chi connectivity index (χ1v) is 6.56. The molecule has 1 aliphatic heterocycles. The molecule has 6 nitrogen and oxygen atoms in total.